The molecule has 0 aromatic heterocycles. The van der Waals surface area contributed by atoms with Crippen molar-refractivity contribution >= 4 is 15.9 Å². The summed E-state index contributed by atoms with van der Waals surface area (Å²) in [5.41, 5.74) is 5.82. The molecule has 174 valence electrons. The molecule has 11 heteroatoms. The van der Waals surface area contributed by atoms with Crippen molar-refractivity contribution in [3.05, 3.63) is 54.3 Å². The quantitative estimate of drug-likeness (QED) is 0.424. The summed E-state index contributed by atoms with van der Waals surface area (Å²) < 4.78 is 48.6. The zero-order valence-corrected chi connectivity index (χ0v) is 18.2. The Morgan fingerprint density at radius 3 is 2.28 bits per heavy atom. The van der Waals surface area contributed by atoms with Crippen LogP contribution < -0.4 is 10.5 Å². The van der Waals surface area contributed by atoms with Crippen LogP contribution in [0.4, 0.5) is 4.39 Å². The second-order valence-corrected chi connectivity index (χ2v) is 9.08. The number of halogens is 1. The number of sulfonamides is 1. The van der Waals surface area contributed by atoms with E-state index in [9.17, 15) is 22.8 Å². The minimum Gasteiger partial charge on any atom is -0.457 e. The van der Waals surface area contributed by atoms with Gasteiger partial charge in [-0.3, -0.25) is 14.9 Å². The molecule has 1 aliphatic rings. The Labute approximate surface area is 186 Å². The Hall–Kier alpha value is -2.57. The molecule has 1 amide bonds. The summed E-state index contributed by atoms with van der Waals surface area (Å²) in [5.74, 6) is -0.848. The van der Waals surface area contributed by atoms with Gasteiger partial charge in [0.15, 0.2) is 0 Å². The van der Waals surface area contributed by atoms with Crippen LogP contribution in [0.2, 0.25) is 0 Å². The fourth-order valence-electron chi connectivity index (χ4n) is 3.16. The third kappa shape index (κ3) is 6.24. The highest BCUT2D eigenvalue weighted by molar-refractivity contribution is 7.89. The van der Waals surface area contributed by atoms with Gasteiger partial charge in [-0.05, 0) is 67.9 Å². The van der Waals surface area contributed by atoms with Crippen molar-refractivity contribution in [3.8, 4) is 11.5 Å². The van der Waals surface area contributed by atoms with Crippen molar-refractivity contribution in [2.45, 2.75) is 23.8 Å². The van der Waals surface area contributed by atoms with Gasteiger partial charge in [-0.25, -0.2) is 4.39 Å². The van der Waals surface area contributed by atoms with Gasteiger partial charge >= 0.3 is 0 Å². The molecule has 2 aromatic rings. The highest BCUT2D eigenvalue weighted by Gasteiger charge is 2.31. The van der Waals surface area contributed by atoms with E-state index in [0.717, 1.165) is 13.1 Å². The first-order chi connectivity index (χ1) is 15.3. The van der Waals surface area contributed by atoms with E-state index < -0.39 is 27.8 Å². The molecule has 32 heavy (non-hydrogen) atoms. The molecule has 0 spiro atoms. The minimum absolute atomic E-state index is 0.229. The Bertz CT molecular complexity index is 995. The fraction of sp³-hybridized carbons (Fsp3) is 0.381. The molecule has 0 saturated carbocycles. The molecular formula is C21H26FN3O6S. The van der Waals surface area contributed by atoms with E-state index >= 15 is 0 Å². The molecule has 0 radical (unpaired) electrons. The molecule has 1 atom stereocenters. The molecular weight excluding hydrogens is 441 g/mol. The zero-order chi connectivity index (χ0) is 23.1. The number of benzene rings is 2. The Morgan fingerprint density at radius 1 is 1.12 bits per heavy atom. The number of nitrogens with two attached hydrogens (primary N) is 1. The van der Waals surface area contributed by atoms with Gasteiger partial charge in [0.05, 0.1) is 24.2 Å². The van der Waals surface area contributed by atoms with Crippen molar-refractivity contribution in [1.29, 1.82) is 0 Å². The van der Waals surface area contributed by atoms with Crippen molar-refractivity contribution in [2.24, 2.45) is 5.73 Å². The highest BCUT2D eigenvalue weighted by Crippen LogP contribution is 2.24. The first-order valence-electron chi connectivity index (χ1n) is 10.1. The first-order valence-corrected chi connectivity index (χ1v) is 11.6. The normalized spacial score (nSPS) is 15.8. The lowest BCUT2D eigenvalue weighted by atomic mass is 10.1. The Morgan fingerprint density at radius 2 is 1.69 bits per heavy atom. The highest BCUT2D eigenvalue weighted by atomic mass is 32.2. The molecule has 3 N–H and O–H groups in total. The van der Waals surface area contributed by atoms with Gasteiger partial charge in [0.2, 0.25) is 0 Å². The summed E-state index contributed by atoms with van der Waals surface area (Å²) in [4.78, 5) is 14.2. The lowest BCUT2D eigenvalue weighted by molar-refractivity contribution is -0.147. The maximum Gasteiger partial charge on any atom is 0.289 e. The average molecular weight is 468 g/mol. The van der Waals surface area contributed by atoms with E-state index in [-0.39, 0.29) is 15.8 Å². The molecule has 0 bridgehead atoms. The first kappa shape index (κ1) is 24.1. The van der Waals surface area contributed by atoms with Crippen LogP contribution in [-0.2, 0) is 19.6 Å². The van der Waals surface area contributed by atoms with Crippen LogP contribution in [0.25, 0.3) is 0 Å². The van der Waals surface area contributed by atoms with Gasteiger partial charge in [-0.2, -0.15) is 8.42 Å². The van der Waals surface area contributed by atoms with Crippen LogP contribution in [0.3, 0.4) is 0 Å². The molecule has 2 aromatic carbocycles. The number of nitrogens with zero attached hydrogens (tertiary/aromatic N) is 2. The molecule has 0 unspecified atom stereocenters. The predicted octanol–water partition coefficient (Wildman–Crippen LogP) is 1.96. The van der Waals surface area contributed by atoms with E-state index in [2.05, 4.69) is 4.90 Å². The number of ether oxygens (including phenoxy) is 2. The second-order valence-electron chi connectivity index (χ2n) is 7.32. The fourth-order valence-corrected chi connectivity index (χ4v) is 4.21. The van der Waals surface area contributed by atoms with Crippen LogP contribution in [0, 0.1) is 5.82 Å². The van der Waals surface area contributed by atoms with E-state index in [4.69, 9.17) is 15.2 Å². The van der Waals surface area contributed by atoms with E-state index in [1.807, 2.05) is 0 Å². The van der Waals surface area contributed by atoms with E-state index in [0.29, 0.717) is 37.7 Å². The van der Waals surface area contributed by atoms with Crippen molar-refractivity contribution < 1.29 is 32.3 Å². The molecule has 1 fully saturated rings. The summed E-state index contributed by atoms with van der Waals surface area (Å²) in [7, 11) is -4.50. The van der Waals surface area contributed by atoms with Gasteiger partial charge in [-0.1, -0.05) is 0 Å². The largest absolute Gasteiger partial charge is 0.457 e. The number of rotatable bonds is 9. The van der Waals surface area contributed by atoms with Gasteiger partial charge in [0.25, 0.3) is 15.9 Å². The smallest absolute Gasteiger partial charge is 0.289 e. The number of morpholine rings is 1. The summed E-state index contributed by atoms with van der Waals surface area (Å²) in [5, 5.41) is 10.1. The minimum atomic E-state index is -4.50. The van der Waals surface area contributed by atoms with Crippen LogP contribution >= 0.6 is 0 Å². The van der Waals surface area contributed by atoms with Crippen LogP contribution in [0.5, 0.6) is 11.5 Å². The van der Waals surface area contributed by atoms with Crippen molar-refractivity contribution in [1.82, 2.24) is 9.37 Å². The summed E-state index contributed by atoms with van der Waals surface area (Å²) in [6.07, 6.45) is 0.809. The predicted molar refractivity (Wildman–Crippen MR) is 113 cm³/mol. The van der Waals surface area contributed by atoms with E-state index in [1.54, 1.807) is 0 Å². The van der Waals surface area contributed by atoms with Crippen molar-refractivity contribution in [2.75, 3.05) is 32.8 Å². The second kappa shape index (κ2) is 10.8. The topological polar surface area (TPSA) is 122 Å². The average Bonchev–Trinajstić information content (AvgIpc) is 2.80. The lowest BCUT2D eigenvalue weighted by Crippen LogP contribution is -2.45. The van der Waals surface area contributed by atoms with Crippen LogP contribution in [0.1, 0.15) is 12.8 Å². The molecule has 3 rings (SSSR count). The maximum absolute atomic E-state index is 13.0. The SMILES string of the molecule is N[C@H](CCCN1CCOCC1)C(=O)N(O)S(=O)(=O)c1ccc(Oc2ccc(F)cc2)cc1. The summed E-state index contributed by atoms with van der Waals surface area (Å²) in [6.45, 7) is 3.61. The molecule has 1 saturated heterocycles. The third-order valence-corrected chi connectivity index (χ3v) is 6.50. The zero-order valence-electron chi connectivity index (χ0n) is 17.4. The molecule has 9 nitrogen and oxygen atoms in total. The van der Waals surface area contributed by atoms with Gasteiger partial charge in [0, 0.05) is 13.1 Å². The van der Waals surface area contributed by atoms with Gasteiger partial charge in [0.1, 0.15) is 17.3 Å². The van der Waals surface area contributed by atoms with Gasteiger partial charge in [-0.15, -0.1) is 4.47 Å². The Kier molecular flexibility index (Phi) is 8.15. The lowest BCUT2D eigenvalue weighted by Gasteiger charge is -2.27. The summed E-state index contributed by atoms with van der Waals surface area (Å²) in [6, 6.07) is 9.25. The summed E-state index contributed by atoms with van der Waals surface area (Å²) >= 11 is 0. The number of amides is 1. The number of carbonyl (C=O) groups is 1. The number of hydroxylamine groups is 1. The standard InChI is InChI=1S/C21H26FN3O6S/c22-16-3-5-17(6-4-16)31-18-7-9-19(10-8-18)32(28,29)25(27)21(26)20(23)2-1-11-24-12-14-30-15-13-24/h3-10,20,27H,1-2,11-15,23H2/t20-/m1/s1. The van der Waals surface area contributed by atoms with Crippen LogP contribution in [-0.4, -0.2) is 67.8 Å². The van der Waals surface area contributed by atoms with Crippen LogP contribution in [0.15, 0.2) is 53.4 Å². The third-order valence-electron chi connectivity index (χ3n) is 5.00. The molecule has 1 heterocycles. The molecule has 0 aliphatic carbocycles. The monoisotopic (exact) mass is 467 g/mol. The number of carbonyl (C=O) groups excluding carboxylic acids is 1. The number of hydrogen-bond donors (Lipinski definition) is 2. The Balaban J connectivity index is 1.56. The number of hydrogen-bond acceptors (Lipinski definition) is 8. The maximum atomic E-state index is 13.0. The van der Waals surface area contributed by atoms with Crippen molar-refractivity contribution in [3.63, 3.8) is 0 Å². The van der Waals surface area contributed by atoms with E-state index in [1.165, 1.54) is 48.5 Å². The van der Waals surface area contributed by atoms with Gasteiger partial charge < -0.3 is 15.2 Å². The molecule has 1 aliphatic heterocycles.